The van der Waals surface area contributed by atoms with Crippen LogP contribution in [0, 0.1) is 5.82 Å². The Balaban J connectivity index is 1.87. The van der Waals surface area contributed by atoms with Gasteiger partial charge in [-0.1, -0.05) is 6.07 Å². The predicted octanol–water partition coefficient (Wildman–Crippen LogP) is 0.698. The van der Waals surface area contributed by atoms with Gasteiger partial charge >= 0.3 is 0 Å². The molecule has 116 valence electrons. The number of hydrogen-bond donors (Lipinski definition) is 1. The van der Waals surface area contributed by atoms with Crippen LogP contribution in [-0.4, -0.2) is 62.6 Å². The maximum atomic E-state index is 13.6. The lowest BCUT2D eigenvalue weighted by Gasteiger charge is -2.29. The Morgan fingerprint density at radius 1 is 1.43 bits per heavy atom. The highest BCUT2D eigenvalue weighted by Crippen LogP contribution is 2.18. The van der Waals surface area contributed by atoms with Gasteiger partial charge in [-0.2, -0.15) is 0 Å². The number of methoxy groups -OCH3 is 1. The fourth-order valence-corrected chi connectivity index (χ4v) is 2.42. The van der Waals surface area contributed by atoms with E-state index >= 15 is 0 Å². The van der Waals surface area contributed by atoms with Crippen LogP contribution in [0.5, 0.6) is 5.75 Å². The van der Waals surface area contributed by atoms with Crippen molar-refractivity contribution in [3.05, 3.63) is 29.6 Å². The minimum absolute atomic E-state index is 0.119. The van der Waals surface area contributed by atoms with E-state index in [0.29, 0.717) is 13.1 Å². The van der Waals surface area contributed by atoms with E-state index in [0.717, 1.165) is 31.7 Å². The third kappa shape index (κ3) is 4.41. The van der Waals surface area contributed by atoms with Gasteiger partial charge in [0.1, 0.15) is 0 Å². The van der Waals surface area contributed by atoms with Gasteiger partial charge in [-0.15, -0.1) is 0 Å². The summed E-state index contributed by atoms with van der Waals surface area (Å²) >= 11 is 0. The minimum atomic E-state index is -0.378. The third-order valence-electron chi connectivity index (χ3n) is 3.54. The Bertz CT molecular complexity index is 490. The molecule has 0 saturated carbocycles. The van der Waals surface area contributed by atoms with Crippen LogP contribution in [0.25, 0.3) is 0 Å². The fraction of sp³-hybridized carbons (Fsp3) is 0.533. The van der Waals surface area contributed by atoms with Crippen molar-refractivity contribution in [3.8, 4) is 5.75 Å². The first-order valence-electron chi connectivity index (χ1n) is 7.09. The van der Waals surface area contributed by atoms with Crippen molar-refractivity contribution >= 4 is 5.91 Å². The summed E-state index contributed by atoms with van der Waals surface area (Å²) in [6.45, 7) is 4.07. The molecule has 2 rings (SSSR count). The molecule has 1 aliphatic heterocycles. The topological polar surface area (TPSA) is 44.8 Å². The first-order chi connectivity index (χ1) is 10.1. The number of piperazine rings is 1. The molecule has 0 aromatic heterocycles. The molecule has 5 nitrogen and oxygen atoms in total. The maximum Gasteiger partial charge on any atom is 0.236 e. The zero-order chi connectivity index (χ0) is 15.2. The number of rotatable bonds is 5. The summed E-state index contributed by atoms with van der Waals surface area (Å²) in [6, 6.07) is 4.87. The second kappa shape index (κ2) is 7.38. The highest BCUT2D eigenvalue weighted by Gasteiger charge is 2.17. The molecule has 0 bridgehead atoms. The summed E-state index contributed by atoms with van der Waals surface area (Å²) < 4.78 is 18.5. The van der Waals surface area contributed by atoms with Gasteiger partial charge in [0.15, 0.2) is 11.6 Å². The molecule has 0 atom stereocenters. The Morgan fingerprint density at radius 2 is 2.14 bits per heavy atom. The van der Waals surface area contributed by atoms with Crippen molar-refractivity contribution in [1.29, 1.82) is 0 Å². The van der Waals surface area contributed by atoms with Gasteiger partial charge in [-0.25, -0.2) is 4.39 Å². The van der Waals surface area contributed by atoms with E-state index < -0.39 is 0 Å². The number of likely N-dealkylation sites (N-methyl/N-ethyl adjacent to an activating group) is 1. The molecule has 0 aliphatic carbocycles. The SMILES string of the molecule is COc1ccc(CN(C)CC(=O)N2CCNCC2)cc1F. The Labute approximate surface area is 124 Å². The van der Waals surface area contributed by atoms with Gasteiger partial charge in [0.2, 0.25) is 5.91 Å². The highest BCUT2D eigenvalue weighted by molar-refractivity contribution is 5.78. The average Bonchev–Trinajstić information content (AvgIpc) is 2.48. The first-order valence-corrected chi connectivity index (χ1v) is 7.09. The molecule has 1 aromatic carbocycles. The Kier molecular flexibility index (Phi) is 5.52. The summed E-state index contributed by atoms with van der Waals surface area (Å²) in [5, 5.41) is 3.22. The van der Waals surface area contributed by atoms with Gasteiger partial charge in [0, 0.05) is 32.7 Å². The molecule has 1 N–H and O–H groups in total. The number of nitrogens with zero attached hydrogens (tertiary/aromatic N) is 2. The van der Waals surface area contributed by atoms with E-state index in [1.807, 2.05) is 22.9 Å². The van der Waals surface area contributed by atoms with Crippen LogP contribution in [0.15, 0.2) is 18.2 Å². The van der Waals surface area contributed by atoms with Gasteiger partial charge < -0.3 is 15.0 Å². The number of hydrogen-bond acceptors (Lipinski definition) is 4. The van der Waals surface area contributed by atoms with Crippen LogP contribution in [0.1, 0.15) is 5.56 Å². The fourth-order valence-electron chi connectivity index (χ4n) is 2.42. The van der Waals surface area contributed by atoms with Gasteiger partial charge in [-0.3, -0.25) is 9.69 Å². The molecule has 1 fully saturated rings. The van der Waals surface area contributed by atoms with E-state index in [9.17, 15) is 9.18 Å². The van der Waals surface area contributed by atoms with Crippen LogP contribution in [0.2, 0.25) is 0 Å². The quantitative estimate of drug-likeness (QED) is 0.868. The van der Waals surface area contributed by atoms with Crippen molar-refractivity contribution in [1.82, 2.24) is 15.1 Å². The number of carbonyl (C=O) groups excluding carboxylic acids is 1. The highest BCUT2D eigenvalue weighted by atomic mass is 19.1. The van der Waals surface area contributed by atoms with Crippen LogP contribution in [-0.2, 0) is 11.3 Å². The zero-order valence-corrected chi connectivity index (χ0v) is 12.6. The average molecular weight is 295 g/mol. The number of carbonyl (C=O) groups is 1. The predicted molar refractivity (Wildman–Crippen MR) is 78.7 cm³/mol. The van der Waals surface area contributed by atoms with Gasteiger partial charge in [0.05, 0.1) is 13.7 Å². The lowest BCUT2D eigenvalue weighted by atomic mass is 10.2. The number of halogens is 1. The summed E-state index contributed by atoms with van der Waals surface area (Å²) in [7, 11) is 3.30. The molecular weight excluding hydrogens is 273 g/mol. The van der Waals surface area contributed by atoms with E-state index in [-0.39, 0.29) is 17.5 Å². The number of benzene rings is 1. The smallest absolute Gasteiger partial charge is 0.236 e. The second-order valence-electron chi connectivity index (χ2n) is 5.27. The standard InChI is InChI=1S/C15H22FN3O2/c1-18(11-15(20)19-7-5-17-6-8-19)10-12-3-4-14(21-2)13(16)9-12/h3-4,9,17H,5-8,10-11H2,1-2H3. The van der Waals surface area contributed by atoms with Gasteiger partial charge in [-0.05, 0) is 24.7 Å². The van der Waals surface area contributed by atoms with Gasteiger partial charge in [0.25, 0.3) is 0 Å². The van der Waals surface area contributed by atoms with E-state index in [1.165, 1.54) is 13.2 Å². The molecule has 1 aliphatic rings. The second-order valence-corrected chi connectivity index (χ2v) is 5.27. The summed E-state index contributed by atoms with van der Waals surface area (Å²) in [5.41, 5.74) is 0.823. The molecule has 1 amide bonds. The Morgan fingerprint density at radius 3 is 2.76 bits per heavy atom. The molecule has 6 heteroatoms. The van der Waals surface area contributed by atoms with E-state index in [1.54, 1.807) is 6.07 Å². The summed E-state index contributed by atoms with van der Waals surface area (Å²) in [6.07, 6.45) is 0. The van der Waals surface area contributed by atoms with E-state index in [4.69, 9.17) is 4.74 Å². The molecule has 0 radical (unpaired) electrons. The zero-order valence-electron chi connectivity index (χ0n) is 12.6. The van der Waals surface area contributed by atoms with Crippen molar-refractivity contribution in [2.75, 3.05) is 46.9 Å². The van der Waals surface area contributed by atoms with Crippen LogP contribution in [0.4, 0.5) is 4.39 Å². The first kappa shape index (κ1) is 15.7. The van der Waals surface area contributed by atoms with Crippen molar-refractivity contribution < 1.29 is 13.9 Å². The largest absolute Gasteiger partial charge is 0.494 e. The Hall–Kier alpha value is -1.66. The molecule has 0 unspecified atom stereocenters. The lowest BCUT2D eigenvalue weighted by Crippen LogP contribution is -2.49. The number of amides is 1. The third-order valence-corrected chi connectivity index (χ3v) is 3.54. The van der Waals surface area contributed by atoms with Crippen LogP contribution < -0.4 is 10.1 Å². The molecule has 21 heavy (non-hydrogen) atoms. The molecule has 1 saturated heterocycles. The van der Waals surface area contributed by atoms with Crippen molar-refractivity contribution in [3.63, 3.8) is 0 Å². The summed E-state index contributed by atoms with van der Waals surface area (Å²) in [4.78, 5) is 15.9. The lowest BCUT2D eigenvalue weighted by molar-refractivity contribution is -0.132. The molecule has 1 heterocycles. The normalized spacial score (nSPS) is 15.3. The van der Waals surface area contributed by atoms with Crippen LogP contribution >= 0.6 is 0 Å². The maximum absolute atomic E-state index is 13.6. The van der Waals surface area contributed by atoms with Crippen molar-refractivity contribution in [2.24, 2.45) is 0 Å². The van der Waals surface area contributed by atoms with Crippen LogP contribution in [0.3, 0.4) is 0 Å². The molecule has 1 aromatic rings. The number of ether oxygens (including phenoxy) is 1. The van der Waals surface area contributed by atoms with Crippen molar-refractivity contribution in [2.45, 2.75) is 6.54 Å². The monoisotopic (exact) mass is 295 g/mol. The minimum Gasteiger partial charge on any atom is -0.494 e. The summed E-state index contributed by atoms with van der Waals surface area (Å²) in [5.74, 6) is -0.0249. The molecule has 0 spiro atoms. The molecular formula is C15H22FN3O2. The van der Waals surface area contributed by atoms with E-state index in [2.05, 4.69) is 5.32 Å². The number of nitrogens with one attached hydrogen (secondary N) is 1.